The van der Waals surface area contributed by atoms with Crippen molar-refractivity contribution in [1.29, 1.82) is 0 Å². The van der Waals surface area contributed by atoms with Gasteiger partial charge in [-0.05, 0) is 132 Å². The summed E-state index contributed by atoms with van der Waals surface area (Å²) in [5.74, 6) is 28.3. The number of benzene rings is 4. The van der Waals surface area contributed by atoms with E-state index in [1.54, 1.807) is 0 Å². The zero-order chi connectivity index (χ0) is 36.1. The number of hydrogen-bond acceptors (Lipinski definition) is 0. The molecule has 0 atom stereocenters. The van der Waals surface area contributed by atoms with E-state index >= 15 is 0 Å². The third-order valence-corrected chi connectivity index (χ3v) is 10.6. The Hall–Kier alpha value is -3.43. The molecule has 4 aromatic carbocycles. The molecule has 0 spiro atoms. The fraction of sp³-hybridized carbons (Fsp3) is 0.385. The predicted octanol–water partition coefficient (Wildman–Crippen LogP) is 7.56. The average Bonchev–Trinajstić information content (AvgIpc) is 3.64. The number of hydrogen-bond donors (Lipinski definition) is 0. The van der Waals surface area contributed by atoms with E-state index in [1.807, 2.05) is 0 Å². The van der Waals surface area contributed by atoms with Crippen molar-refractivity contribution in [2.24, 2.45) is 0 Å². The minimum Gasteiger partial charge on any atom is -1.00 e. The molecule has 0 nitrogen and oxygen atoms in total. The standard InChI is InChI=1S/C52H54.2ClH.Hf/c1-5-9-13-17-21-39-25-29-43-44-30-26-40(22-18-14-10-6-2)36-50(44)47(49(43)35-39)33-34-48-51-37-41(23-19-15-11-7-3)27-31-45(51)46-32-28-42(38-52(46)48)24-20-16-12-8-4;;;/h25-32,35-38,47-48H,5-16,33-34H2,1-4H3;2*1H;/p-2. The summed E-state index contributed by atoms with van der Waals surface area (Å²) in [6, 6.07) is 27.7. The summed E-state index contributed by atoms with van der Waals surface area (Å²) in [4.78, 5) is 0. The van der Waals surface area contributed by atoms with E-state index in [0.717, 1.165) is 86.5 Å². The Bertz CT molecular complexity index is 1840. The number of rotatable bonds is 11. The Morgan fingerprint density at radius 1 is 0.382 bits per heavy atom. The monoisotopic (exact) mass is 928 g/mol. The molecule has 0 unspecified atom stereocenters. The summed E-state index contributed by atoms with van der Waals surface area (Å²) >= 11 is 0. The van der Waals surface area contributed by atoms with Crippen LogP contribution in [-0.2, 0) is 25.8 Å². The van der Waals surface area contributed by atoms with Gasteiger partial charge in [-0.25, -0.2) is 0 Å². The first kappa shape index (κ1) is 46.0. The van der Waals surface area contributed by atoms with Crippen LogP contribution in [0.15, 0.2) is 72.8 Å². The molecule has 0 radical (unpaired) electrons. The molecule has 282 valence electrons. The topological polar surface area (TPSA) is 0 Å². The van der Waals surface area contributed by atoms with Gasteiger partial charge in [0.2, 0.25) is 0 Å². The van der Waals surface area contributed by atoms with E-state index in [0.29, 0.717) is 11.8 Å². The minimum absolute atomic E-state index is 0. The average molecular weight is 928 g/mol. The van der Waals surface area contributed by atoms with E-state index in [-0.39, 0.29) is 50.7 Å². The van der Waals surface area contributed by atoms with Crippen molar-refractivity contribution in [2.75, 3.05) is 0 Å². The van der Waals surface area contributed by atoms with E-state index < -0.39 is 0 Å². The molecular formula is C52H54Cl2Hf-2. The predicted molar refractivity (Wildman–Crippen MR) is 222 cm³/mol. The summed E-state index contributed by atoms with van der Waals surface area (Å²) in [7, 11) is 0. The Morgan fingerprint density at radius 3 is 0.836 bits per heavy atom. The van der Waals surface area contributed by atoms with Crippen LogP contribution in [0.5, 0.6) is 0 Å². The van der Waals surface area contributed by atoms with Crippen LogP contribution in [0.4, 0.5) is 0 Å². The summed E-state index contributed by atoms with van der Waals surface area (Å²) in [6.07, 6.45) is 15.2. The van der Waals surface area contributed by atoms with Gasteiger partial charge in [-0.1, -0.05) is 125 Å². The number of halogens is 2. The smallest absolute Gasteiger partial charge is 0.0248 e. The fourth-order valence-corrected chi connectivity index (χ4v) is 7.71. The molecule has 0 heterocycles. The molecule has 0 saturated carbocycles. The van der Waals surface area contributed by atoms with Crippen LogP contribution < -0.4 is 24.8 Å². The zero-order valence-corrected chi connectivity index (χ0v) is 38.3. The molecule has 2 aliphatic rings. The fourth-order valence-electron chi connectivity index (χ4n) is 7.71. The SMILES string of the molecule is CCCCC#Cc1ccc2c(c1)C(CCC1c3cc(C#CCCCC)ccc3-c3ccc(C#CCCCC)cc31)c1cc(C#CCCCC)ccc1-2.[Cl-].[Cl-].[Hf]. The summed E-state index contributed by atoms with van der Waals surface area (Å²) in [6.45, 7) is 8.91. The molecule has 3 heteroatoms. The van der Waals surface area contributed by atoms with Crippen molar-refractivity contribution >= 4 is 0 Å². The third kappa shape index (κ3) is 11.6. The van der Waals surface area contributed by atoms with Crippen molar-refractivity contribution in [3.8, 4) is 69.6 Å². The zero-order valence-electron chi connectivity index (χ0n) is 33.2. The van der Waals surface area contributed by atoms with Gasteiger partial charge in [-0.2, -0.15) is 0 Å². The van der Waals surface area contributed by atoms with Crippen LogP contribution in [0.3, 0.4) is 0 Å². The minimum atomic E-state index is 0. The quantitative estimate of drug-likeness (QED) is 0.0829. The van der Waals surface area contributed by atoms with Gasteiger partial charge in [0, 0.05) is 85.6 Å². The van der Waals surface area contributed by atoms with Crippen molar-refractivity contribution in [3.63, 3.8) is 0 Å². The molecule has 4 aromatic rings. The van der Waals surface area contributed by atoms with Gasteiger partial charge in [-0.3, -0.25) is 0 Å². The maximum atomic E-state index is 3.49. The second-order valence-electron chi connectivity index (χ2n) is 14.5. The van der Waals surface area contributed by atoms with Gasteiger partial charge < -0.3 is 24.8 Å². The van der Waals surface area contributed by atoms with Crippen molar-refractivity contribution in [3.05, 3.63) is 117 Å². The van der Waals surface area contributed by atoms with Crippen molar-refractivity contribution < 1.29 is 50.7 Å². The van der Waals surface area contributed by atoms with Crippen LogP contribution >= 0.6 is 0 Å². The first-order chi connectivity index (χ1) is 25.6. The van der Waals surface area contributed by atoms with Gasteiger partial charge in [0.25, 0.3) is 0 Å². The Kier molecular flexibility index (Phi) is 19.7. The van der Waals surface area contributed by atoms with Gasteiger partial charge in [0.1, 0.15) is 0 Å². The van der Waals surface area contributed by atoms with Gasteiger partial charge >= 0.3 is 0 Å². The van der Waals surface area contributed by atoms with E-state index in [4.69, 9.17) is 0 Å². The number of unbranched alkanes of at least 4 members (excludes halogenated alkanes) is 8. The van der Waals surface area contributed by atoms with Crippen LogP contribution in [0.1, 0.15) is 174 Å². The van der Waals surface area contributed by atoms with Crippen LogP contribution in [0.2, 0.25) is 0 Å². The Balaban J connectivity index is 0.00000271. The summed E-state index contributed by atoms with van der Waals surface area (Å²) in [5.41, 5.74) is 15.6. The molecule has 0 aromatic heterocycles. The maximum Gasteiger partial charge on any atom is 0.0248 e. The first-order valence-electron chi connectivity index (χ1n) is 20.2. The molecule has 0 aliphatic heterocycles. The molecule has 0 N–H and O–H groups in total. The second kappa shape index (κ2) is 23.6. The van der Waals surface area contributed by atoms with E-state index in [9.17, 15) is 0 Å². The molecular weight excluding hydrogens is 874 g/mol. The van der Waals surface area contributed by atoms with Crippen molar-refractivity contribution in [2.45, 2.75) is 129 Å². The summed E-state index contributed by atoms with van der Waals surface area (Å²) in [5, 5.41) is 0. The normalized spacial score (nSPS) is 11.5. The van der Waals surface area contributed by atoms with E-state index in [2.05, 4.69) is 148 Å². The van der Waals surface area contributed by atoms with Crippen LogP contribution in [0.25, 0.3) is 22.3 Å². The molecule has 0 saturated heterocycles. The van der Waals surface area contributed by atoms with Gasteiger partial charge in [0.15, 0.2) is 0 Å². The van der Waals surface area contributed by atoms with Crippen LogP contribution in [0, 0.1) is 47.4 Å². The maximum absolute atomic E-state index is 3.49. The molecule has 0 amide bonds. The molecule has 55 heavy (non-hydrogen) atoms. The molecule has 6 rings (SSSR count). The molecule has 0 bridgehead atoms. The Morgan fingerprint density at radius 2 is 0.618 bits per heavy atom. The van der Waals surface area contributed by atoms with E-state index in [1.165, 1.54) is 70.2 Å². The first-order valence-corrected chi connectivity index (χ1v) is 20.2. The Labute approximate surface area is 364 Å². The van der Waals surface area contributed by atoms with Crippen molar-refractivity contribution in [1.82, 2.24) is 0 Å². The summed E-state index contributed by atoms with van der Waals surface area (Å²) < 4.78 is 0. The van der Waals surface area contributed by atoms with Gasteiger partial charge in [0.05, 0.1) is 0 Å². The second-order valence-corrected chi connectivity index (χ2v) is 14.5. The van der Waals surface area contributed by atoms with Gasteiger partial charge in [-0.15, -0.1) is 0 Å². The molecule has 0 fully saturated rings. The largest absolute Gasteiger partial charge is 1.00 e. The van der Waals surface area contributed by atoms with Crippen LogP contribution in [-0.4, -0.2) is 0 Å². The number of fused-ring (bicyclic) bond motifs is 6. The third-order valence-electron chi connectivity index (χ3n) is 10.6. The molecule has 2 aliphatic carbocycles.